The molecule has 0 fully saturated rings. The molecule has 1 aromatic rings. The van der Waals surface area contributed by atoms with Gasteiger partial charge in [0.25, 0.3) is 0 Å². The normalized spacial score (nSPS) is 20.7. The van der Waals surface area contributed by atoms with Gasteiger partial charge >= 0.3 is 0 Å². The van der Waals surface area contributed by atoms with E-state index in [0.717, 1.165) is 0 Å². The topological polar surface area (TPSA) is 29.5 Å². The van der Waals surface area contributed by atoms with Crippen LogP contribution < -0.4 is 4.74 Å². The van der Waals surface area contributed by atoms with Gasteiger partial charge in [0.1, 0.15) is 5.75 Å². The third-order valence-electron chi connectivity index (χ3n) is 2.07. The van der Waals surface area contributed by atoms with E-state index in [2.05, 4.69) is 0 Å². The largest absolute Gasteiger partial charge is 0.491 e. The summed E-state index contributed by atoms with van der Waals surface area (Å²) in [6.07, 6.45) is 0.00233. The standard InChI is InChI=1S/C9H8Cl2O2/c10-5-1-2-6(11)9-8(5)7(12)3-4-13-9/h1-2,7,12H,3-4H2/t7-/m0/s1. The molecule has 70 valence electrons. The Kier molecular flexibility index (Phi) is 2.37. The van der Waals surface area contributed by atoms with Gasteiger partial charge in [0.15, 0.2) is 0 Å². The molecule has 0 saturated heterocycles. The third-order valence-corrected chi connectivity index (χ3v) is 2.69. The molecule has 1 atom stereocenters. The fourth-order valence-corrected chi connectivity index (χ4v) is 1.92. The number of benzene rings is 1. The Labute approximate surface area is 86.0 Å². The highest BCUT2D eigenvalue weighted by molar-refractivity contribution is 6.35. The molecule has 2 nitrogen and oxygen atoms in total. The molecule has 0 aromatic heterocycles. The summed E-state index contributed by atoms with van der Waals surface area (Å²) in [7, 11) is 0. The van der Waals surface area contributed by atoms with E-state index >= 15 is 0 Å². The van der Waals surface area contributed by atoms with Gasteiger partial charge in [-0.2, -0.15) is 0 Å². The first kappa shape index (κ1) is 9.13. The molecule has 0 spiro atoms. The monoisotopic (exact) mass is 218 g/mol. The Morgan fingerprint density at radius 3 is 2.69 bits per heavy atom. The first-order valence-electron chi connectivity index (χ1n) is 3.99. The summed E-state index contributed by atoms with van der Waals surface area (Å²) >= 11 is 11.8. The summed E-state index contributed by atoms with van der Waals surface area (Å²) in [6, 6.07) is 3.33. The van der Waals surface area contributed by atoms with Crippen molar-refractivity contribution in [1.82, 2.24) is 0 Å². The maximum atomic E-state index is 9.64. The van der Waals surface area contributed by atoms with Crippen LogP contribution in [0.4, 0.5) is 0 Å². The van der Waals surface area contributed by atoms with Gasteiger partial charge in [-0.3, -0.25) is 0 Å². The Bertz CT molecular complexity index is 339. The Hall–Kier alpha value is -0.440. The van der Waals surface area contributed by atoms with Gasteiger partial charge in [0.2, 0.25) is 0 Å². The zero-order valence-corrected chi connectivity index (χ0v) is 8.27. The molecule has 0 aliphatic carbocycles. The van der Waals surface area contributed by atoms with E-state index in [-0.39, 0.29) is 0 Å². The minimum absolute atomic E-state index is 0.480. The highest BCUT2D eigenvalue weighted by Crippen LogP contribution is 2.41. The van der Waals surface area contributed by atoms with Crippen molar-refractivity contribution in [3.8, 4) is 5.75 Å². The third kappa shape index (κ3) is 1.50. The van der Waals surface area contributed by atoms with E-state index in [1.807, 2.05) is 0 Å². The summed E-state index contributed by atoms with van der Waals surface area (Å²) in [5.74, 6) is 0.521. The Balaban J connectivity index is 2.60. The zero-order valence-electron chi connectivity index (χ0n) is 6.76. The number of aliphatic hydroxyl groups is 1. The molecule has 4 heteroatoms. The Morgan fingerprint density at radius 1 is 1.31 bits per heavy atom. The van der Waals surface area contributed by atoms with Crippen molar-refractivity contribution < 1.29 is 9.84 Å². The summed E-state index contributed by atoms with van der Waals surface area (Å²) in [5.41, 5.74) is 0.611. The molecular weight excluding hydrogens is 211 g/mol. The van der Waals surface area contributed by atoms with Crippen LogP contribution in [0.2, 0.25) is 10.0 Å². The van der Waals surface area contributed by atoms with E-state index in [0.29, 0.717) is 34.4 Å². The number of rotatable bonds is 0. The lowest BCUT2D eigenvalue weighted by molar-refractivity contribution is 0.115. The SMILES string of the molecule is O[C@H]1CCOc2c(Cl)ccc(Cl)c21. The molecule has 1 aliphatic rings. The molecule has 1 heterocycles. The van der Waals surface area contributed by atoms with Gasteiger partial charge in [-0.15, -0.1) is 0 Å². The molecule has 13 heavy (non-hydrogen) atoms. The molecule has 0 unspecified atom stereocenters. The fraction of sp³-hybridized carbons (Fsp3) is 0.333. The van der Waals surface area contributed by atoms with Crippen molar-refractivity contribution in [2.24, 2.45) is 0 Å². The fourth-order valence-electron chi connectivity index (χ4n) is 1.42. The molecule has 0 bridgehead atoms. The maximum absolute atomic E-state index is 9.64. The molecular formula is C9H8Cl2O2. The molecule has 2 rings (SSSR count). The lowest BCUT2D eigenvalue weighted by atomic mass is 10.0. The summed E-state index contributed by atoms with van der Waals surface area (Å²) in [4.78, 5) is 0. The quantitative estimate of drug-likeness (QED) is 0.726. The van der Waals surface area contributed by atoms with Crippen LogP contribution in [0.3, 0.4) is 0 Å². The second-order valence-corrected chi connectivity index (χ2v) is 3.74. The molecule has 1 aromatic carbocycles. The Morgan fingerprint density at radius 2 is 2.00 bits per heavy atom. The highest BCUT2D eigenvalue weighted by Gasteiger charge is 2.24. The lowest BCUT2D eigenvalue weighted by Gasteiger charge is -2.23. The lowest BCUT2D eigenvalue weighted by Crippen LogP contribution is -2.14. The zero-order chi connectivity index (χ0) is 9.42. The van der Waals surface area contributed by atoms with Crippen molar-refractivity contribution in [2.45, 2.75) is 12.5 Å². The number of aliphatic hydroxyl groups excluding tert-OH is 1. The van der Waals surface area contributed by atoms with Gasteiger partial charge in [-0.05, 0) is 12.1 Å². The van der Waals surface area contributed by atoms with Crippen LogP contribution in [0, 0.1) is 0 Å². The van der Waals surface area contributed by atoms with Crippen LogP contribution in [-0.2, 0) is 0 Å². The van der Waals surface area contributed by atoms with Gasteiger partial charge in [-0.1, -0.05) is 23.2 Å². The summed E-state index contributed by atoms with van der Waals surface area (Å²) in [6.45, 7) is 0.480. The van der Waals surface area contributed by atoms with Crippen LogP contribution in [0.5, 0.6) is 5.75 Å². The van der Waals surface area contributed by atoms with Gasteiger partial charge in [0, 0.05) is 12.0 Å². The van der Waals surface area contributed by atoms with Crippen molar-refractivity contribution in [1.29, 1.82) is 0 Å². The average Bonchev–Trinajstić information content (AvgIpc) is 2.12. The predicted octanol–water partition coefficient (Wildman–Crippen LogP) is 2.81. The van der Waals surface area contributed by atoms with Crippen molar-refractivity contribution >= 4 is 23.2 Å². The minimum atomic E-state index is -0.560. The number of hydrogen-bond donors (Lipinski definition) is 1. The smallest absolute Gasteiger partial charge is 0.145 e. The first-order chi connectivity index (χ1) is 6.20. The van der Waals surface area contributed by atoms with Gasteiger partial charge in [-0.25, -0.2) is 0 Å². The number of hydrogen-bond acceptors (Lipinski definition) is 2. The molecule has 0 radical (unpaired) electrons. The first-order valence-corrected chi connectivity index (χ1v) is 4.74. The predicted molar refractivity (Wildman–Crippen MR) is 51.5 cm³/mol. The van der Waals surface area contributed by atoms with Gasteiger partial charge in [0.05, 0.1) is 22.8 Å². The van der Waals surface area contributed by atoms with E-state index in [1.165, 1.54) is 0 Å². The summed E-state index contributed by atoms with van der Waals surface area (Å²) in [5, 5.41) is 10.6. The second kappa shape index (κ2) is 3.37. The minimum Gasteiger partial charge on any atom is -0.491 e. The van der Waals surface area contributed by atoms with E-state index in [1.54, 1.807) is 12.1 Å². The van der Waals surface area contributed by atoms with Crippen LogP contribution in [0.1, 0.15) is 18.1 Å². The van der Waals surface area contributed by atoms with Crippen LogP contribution in [0.25, 0.3) is 0 Å². The molecule has 1 N–H and O–H groups in total. The number of ether oxygens (including phenoxy) is 1. The van der Waals surface area contributed by atoms with Gasteiger partial charge < -0.3 is 9.84 Å². The van der Waals surface area contributed by atoms with Crippen LogP contribution >= 0.6 is 23.2 Å². The van der Waals surface area contributed by atoms with Crippen LogP contribution in [0.15, 0.2) is 12.1 Å². The van der Waals surface area contributed by atoms with E-state index in [4.69, 9.17) is 27.9 Å². The van der Waals surface area contributed by atoms with E-state index < -0.39 is 6.10 Å². The van der Waals surface area contributed by atoms with Crippen LogP contribution in [-0.4, -0.2) is 11.7 Å². The van der Waals surface area contributed by atoms with Crippen molar-refractivity contribution in [3.63, 3.8) is 0 Å². The molecule has 1 aliphatic heterocycles. The molecule has 0 amide bonds. The maximum Gasteiger partial charge on any atom is 0.145 e. The highest BCUT2D eigenvalue weighted by atomic mass is 35.5. The number of halogens is 2. The summed E-state index contributed by atoms with van der Waals surface area (Å²) < 4.78 is 5.33. The number of fused-ring (bicyclic) bond motifs is 1. The average molecular weight is 219 g/mol. The molecule has 0 saturated carbocycles. The van der Waals surface area contributed by atoms with E-state index in [9.17, 15) is 5.11 Å². The van der Waals surface area contributed by atoms with Crippen molar-refractivity contribution in [3.05, 3.63) is 27.7 Å². The second-order valence-electron chi connectivity index (χ2n) is 2.92. The van der Waals surface area contributed by atoms with Crippen molar-refractivity contribution in [2.75, 3.05) is 6.61 Å².